The molecule has 1 aliphatic heterocycles. The van der Waals surface area contributed by atoms with Crippen LogP contribution in [0.25, 0.3) is 10.2 Å². The maximum Gasteiger partial charge on any atom is 0.146 e. The van der Waals surface area contributed by atoms with Gasteiger partial charge in [-0.2, -0.15) is 0 Å². The zero-order valence-corrected chi connectivity index (χ0v) is 12.3. The van der Waals surface area contributed by atoms with Gasteiger partial charge in [0.25, 0.3) is 0 Å². The molecule has 3 heteroatoms. The number of ether oxygens (including phenoxy) is 1. The SMILES string of the molecule is C[C@@H]1CCC[C@]2(C1)O[C@]2(C)c1nc2ccccc2s1. The Morgan fingerprint density at radius 2 is 2.21 bits per heavy atom. The van der Waals surface area contributed by atoms with Crippen LogP contribution in [0.5, 0.6) is 0 Å². The Kier molecular flexibility index (Phi) is 2.37. The van der Waals surface area contributed by atoms with Crippen molar-refractivity contribution in [2.75, 3.05) is 0 Å². The Balaban J connectivity index is 1.72. The summed E-state index contributed by atoms with van der Waals surface area (Å²) in [6.07, 6.45) is 5.03. The number of thiazole rings is 1. The van der Waals surface area contributed by atoms with Gasteiger partial charge < -0.3 is 4.74 Å². The number of aromatic nitrogens is 1. The molecule has 1 saturated heterocycles. The second-order valence-corrected chi connectivity index (χ2v) is 7.35. The van der Waals surface area contributed by atoms with E-state index in [1.165, 1.54) is 35.4 Å². The van der Waals surface area contributed by atoms with Crippen molar-refractivity contribution in [3.8, 4) is 0 Å². The second-order valence-electron chi connectivity index (χ2n) is 6.32. The summed E-state index contributed by atoms with van der Waals surface area (Å²) in [5.41, 5.74) is 1.06. The predicted octanol–water partition coefficient (Wildman–Crippen LogP) is 4.49. The highest BCUT2D eigenvalue weighted by Crippen LogP contribution is 2.63. The van der Waals surface area contributed by atoms with E-state index in [0.717, 1.165) is 11.4 Å². The first-order valence-electron chi connectivity index (χ1n) is 7.19. The molecule has 0 bridgehead atoms. The third-order valence-electron chi connectivity index (χ3n) is 4.88. The highest BCUT2D eigenvalue weighted by atomic mass is 32.1. The molecule has 2 nitrogen and oxygen atoms in total. The van der Waals surface area contributed by atoms with Gasteiger partial charge >= 0.3 is 0 Å². The largest absolute Gasteiger partial charge is 0.355 e. The zero-order valence-electron chi connectivity index (χ0n) is 11.5. The van der Waals surface area contributed by atoms with E-state index in [9.17, 15) is 0 Å². The lowest BCUT2D eigenvalue weighted by Crippen LogP contribution is -2.28. The number of hydrogen-bond donors (Lipinski definition) is 0. The first kappa shape index (κ1) is 11.9. The molecule has 2 aliphatic rings. The van der Waals surface area contributed by atoms with Crippen LogP contribution in [-0.2, 0) is 10.3 Å². The van der Waals surface area contributed by atoms with Crippen LogP contribution < -0.4 is 0 Å². The average Bonchev–Trinajstić information content (AvgIpc) is 2.79. The minimum atomic E-state index is -0.134. The van der Waals surface area contributed by atoms with Crippen molar-refractivity contribution in [1.82, 2.24) is 4.98 Å². The molecule has 1 spiro atoms. The lowest BCUT2D eigenvalue weighted by atomic mass is 9.76. The minimum absolute atomic E-state index is 0.0819. The summed E-state index contributed by atoms with van der Waals surface area (Å²) in [5, 5.41) is 1.17. The van der Waals surface area contributed by atoms with Gasteiger partial charge in [0, 0.05) is 0 Å². The summed E-state index contributed by atoms with van der Waals surface area (Å²) >= 11 is 1.80. The summed E-state index contributed by atoms with van der Waals surface area (Å²) in [5.74, 6) is 0.782. The predicted molar refractivity (Wildman–Crippen MR) is 78.4 cm³/mol. The number of benzene rings is 1. The number of rotatable bonds is 1. The molecule has 1 aliphatic carbocycles. The number of para-hydroxylation sites is 1. The van der Waals surface area contributed by atoms with Gasteiger partial charge in [0.2, 0.25) is 0 Å². The van der Waals surface area contributed by atoms with E-state index in [4.69, 9.17) is 9.72 Å². The van der Waals surface area contributed by atoms with Gasteiger partial charge in [-0.3, -0.25) is 0 Å². The molecular formula is C16H19NOS. The quantitative estimate of drug-likeness (QED) is 0.715. The van der Waals surface area contributed by atoms with E-state index in [1.807, 2.05) is 0 Å². The standard InChI is InChI=1S/C16H19NOS/c1-11-6-5-9-16(10-11)15(2,18-16)14-17-12-7-3-4-8-13(12)19-14/h3-4,7-8,11H,5-6,9-10H2,1-2H3/t11-,15-,16-/m1/s1. The van der Waals surface area contributed by atoms with Crippen molar-refractivity contribution in [2.45, 2.75) is 50.7 Å². The van der Waals surface area contributed by atoms with Gasteiger partial charge in [0.15, 0.2) is 0 Å². The molecule has 2 heterocycles. The molecule has 2 fully saturated rings. The Bertz CT molecular complexity index is 603. The zero-order chi connectivity index (χ0) is 13.1. The van der Waals surface area contributed by atoms with Gasteiger partial charge in [0.05, 0.1) is 10.2 Å². The number of hydrogen-bond acceptors (Lipinski definition) is 3. The van der Waals surface area contributed by atoms with Crippen LogP contribution in [0, 0.1) is 5.92 Å². The molecule has 4 rings (SSSR count). The van der Waals surface area contributed by atoms with E-state index >= 15 is 0 Å². The summed E-state index contributed by atoms with van der Waals surface area (Å²) in [6.45, 7) is 4.59. The van der Waals surface area contributed by atoms with Crippen molar-refractivity contribution in [2.24, 2.45) is 5.92 Å². The van der Waals surface area contributed by atoms with Gasteiger partial charge in [-0.05, 0) is 37.8 Å². The van der Waals surface area contributed by atoms with Crippen molar-refractivity contribution < 1.29 is 4.74 Å². The molecule has 0 unspecified atom stereocenters. The molecular weight excluding hydrogens is 254 g/mol. The van der Waals surface area contributed by atoms with Crippen LogP contribution >= 0.6 is 11.3 Å². The highest BCUT2D eigenvalue weighted by molar-refractivity contribution is 7.18. The minimum Gasteiger partial charge on any atom is -0.355 e. The molecule has 19 heavy (non-hydrogen) atoms. The Labute approximate surface area is 117 Å². The van der Waals surface area contributed by atoms with Crippen LogP contribution in [0.2, 0.25) is 0 Å². The molecule has 100 valence electrons. The molecule has 1 saturated carbocycles. The smallest absolute Gasteiger partial charge is 0.146 e. The maximum atomic E-state index is 6.27. The molecule has 1 aromatic heterocycles. The molecule has 3 atom stereocenters. The second kappa shape index (κ2) is 3.80. The Hall–Kier alpha value is -0.930. The van der Waals surface area contributed by atoms with E-state index < -0.39 is 0 Å². The van der Waals surface area contributed by atoms with Crippen molar-refractivity contribution in [3.63, 3.8) is 0 Å². The van der Waals surface area contributed by atoms with Crippen molar-refractivity contribution in [3.05, 3.63) is 29.3 Å². The maximum absolute atomic E-state index is 6.27. The summed E-state index contributed by atoms with van der Waals surface area (Å²) in [6, 6.07) is 8.38. The lowest BCUT2D eigenvalue weighted by Gasteiger charge is -2.26. The van der Waals surface area contributed by atoms with Crippen molar-refractivity contribution >= 4 is 21.6 Å². The fraction of sp³-hybridized carbons (Fsp3) is 0.562. The number of epoxide rings is 1. The monoisotopic (exact) mass is 273 g/mol. The fourth-order valence-electron chi connectivity index (χ4n) is 3.71. The summed E-state index contributed by atoms with van der Waals surface area (Å²) in [7, 11) is 0. The van der Waals surface area contributed by atoms with Gasteiger partial charge in [-0.15, -0.1) is 11.3 Å². The molecule has 2 aromatic rings. The summed E-state index contributed by atoms with van der Waals surface area (Å²) < 4.78 is 7.54. The van der Waals surface area contributed by atoms with E-state index in [0.29, 0.717) is 0 Å². The van der Waals surface area contributed by atoms with Crippen molar-refractivity contribution in [1.29, 1.82) is 0 Å². The molecule has 1 aromatic carbocycles. The van der Waals surface area contributed by atoms with Crippen LogP contribution in [0.15, 0.2) is 24.3 Å². The Morgan fingerprint density at radius 1 is 1.37 bits per heavy atom. The van der Waals surface area contributed by atoms with Crippen LogP contribution in [0.3, 0.4) is 0 Å². The van der Waals surface area contributed by atoms with E-state index in [1.54, 1.807) is 11.3 Å². The van der Waals surface area contributed by atoms with Gasteiger partial charge in [0.1, 0.15) is 16.2 Å². The van der Waals surface area contributed by atoms with Gasteiger partial charge in [-0.25, -0.2) is 4.98 Å². The third kappa shape index (κ3) is 1.61. The van der Waals surface area contributed by atoms with E-state index in [2.05, 4.69) is 38.1 Å². The topological polar surface area (TPSA) is 25.4 Å². The van der Waals surface area contributed by atoms with Crippen LogP contribution in [0.4, 0.5) is 0 Å². The number of fused-ring (bicyclic) bond motifs is 1. The molecule has 0 amide bonds. The van der Waals surface area contributed by atoms with Crippen LogP contribution in [0.1, 0.15) is 44.5 Å². The third-order valence-corrected chi connectivity index (χ3v) is 6.12. The number of nitrogens with zero attached hydrogens (tertiary/aromatic N) is 1. The fourth-order valence-corrected chi connectivity index (χ4v) is 4.85. The average molecular weight is 273 g/mol. The van der Waals surface area contributed by atoms with Crippen LogP contribution in [-0.4, -0.2) is 10.6 Å². The normalized spacial score (nSPS) is 37.9. The Morgan fingerprint density at radius 3 is 3.00 bits per heavy atom. The summed E-state index contributed by atoms with van der Waals surface area (Å²) in [4.78, 5) is 4.81. The molecule has 0 N–H and O–H groups in total. The highest BCUT2D eigenvalue weighted by Gasteiger charge is 2.69. The first-order chi connectivity index (χ1) is 9.13. The van der Waals surface area contributed by atoms with Gasteiger partial charge in [-0.1, -0.05) is 31.9 Å². The lowest BCUT2D eigenvalue weighted by molar-refractivity contribution is 0.194. The first-order valence-corrected chi connectivity index (χ1v) is 8.01. The van der Waals surface area contributed by atoms with E-state index in [-0.39, 0.29) is 11.2 Å². The molecule has 0 radical (unpaired) electrons.